The van der Waals surface area contributed by atoms with Crippen LogP contribution in [0.1, 0.15) is 15.9 Å². The molecule has 0 heterocycles. The molecule has 0 saturated carbocycles. The highest BCUT2D eigenvalue weighted by Crippen LogP contribution is 2.17. The van der Waals surface area contributed by atoms with Gasteiger partial charge in [-0.1, -0.05) is 0 Å². The van der Waals surface area contributed by atoms with Gasteiger partial charge in [0, 0.05) is 17.3 Å². The zero-order chi connectivity index (χ0) is 15.6. The summed E-state index contributed by atoms with van der Waals surface area (Å²) < 4.78 is 50.7. The van der Waals surface area contributed by atoms with Crippen LogP contribution in [-0.2, 0) is 10.0 Å². The number of hydrogen-bond donors (Lipinski definition) is 1. The Kier molecular flexibility index (Phi) is 4.04. The Morgan fingerprint density at radius 2 is 1.67 bits per heavy atom. The fraction of sp³-hybridized carbons (Fsp3) is 0.0714. The Morgan fingerprint density at radius 1 is 1.05 bits per heavy atom. The van der Waals surface area contributed by atoms with E-state index < -0.39 is 27.4 Å². The molecular weight excluding hydrogens is 300 g/mol. The van der Waals surface area contributed by atoms with Crippen molar-refractivity contribution in [1.82, 2.24) is 0 Å². The Labute approximate surface area is 120 Å². The number of sulfonamides is 1. The third kappa shape index (κ3) is 3.85. The van der Waals surface area contributed by atoms with Gasteiger partial charge in [0.2, 0.25) is 10.0 Å². The molecule has 0 spiro atoms. The van der Waals surface area contributed by atoms with E-state index in [2.05, 4.69) is 4.72 Å². The minimum Gasteiger partial charge on any atom is -0.288 e. The van der Waals surface area contributed by atoms with Gasteiger partial charge in [-0.2, -0.15) is 0 Å². The number of halogens is 2. The summed E-state index contributed by atoms with van der Waals surface area (Å²) in [5, 5.41) is 0. The van der Waals surface area contributed by atoms with Crippen LogP contribution in [0.3, 0.4) is 0 Å². The van der Waals surface area contributed by atoms with E-state index in [4.69, 9.17) is 0 Å². The van der Waals surface area contributed by atoms with Crippen LogP contribution in [0, 0.1) is 11.6 Å². The molecule has 110 valence electrons. The van der Waals surface area contributed by atoms with Crippen LogP contribution in [0.4, 0.5) is 14.5 Å². The zero-order valence-electron chi connectivity index (χ0n) is 10.9. The molecule has 2 aromatic rings. The van der Waals surface area contributed by atoms with Crippen molar-refractivity contribution in [3.05, 3.63) is 65.2 Å². The molecule has 0 amide bonds. The van der Waals surface area contributed by atoms with Crippen molar-refractivity contribution in [3.8, 4) is 0 Å². The second kappa shape index (κ2) is 5.61. The lowest BCUT2D eigenvalue weighted by Gasteiger charge is -2.06. The van der Waals surface area contributed by atoms with Crippen molar-refractivity contribution in [2.24, 2.45) is 0 Å². The monoisotopic (exact) mass is 311 g/mol. The van der Waals surface area contributed by atoms with Gasteiger partial charge in [0.15, 0.2) is 5.78 Å². The largest absolute Gasteiger partial charge is 0.288 e. The quantitative estimate of drug-likeness (QED) is 0.883. The molecule has 0 aliphatic heterocycles. The van der Waals surface area contributed by atoms with Crippen molar-refractivity contribution < 1.29 is 22.0 Å². The molecule has 0 aliphatic carbocycles. The summed E-state index contributed by atoms with van der Waals surface area (Å²) in [5.74, 6) is -2.33. The molecule has 0 atom stereocenters. The maximum Gasteiger partial charge on any atom is 0.229 e. The number of rotatable bonds is 4. The molecule has 2 rings (SSSR count). The Hall–Kier alpha value is -2.28. The van der Waals surface area contributed by atoms with Crippen LogP contribution in [0.2, 0.25) is 0 Å². The summed E-state index contributed by atoms with van der Waals surface area (Å²) in [5.41, 5.74) is 0.202. The Morgan fingerprint density at radius 3 is 2.19 bits per heavy atom. The highest BCUT2D eigenvalue weighted by Gasteiger charge is 2.14. The highest BCUT2D eigenvalue weighted by atomic mass is 32.2. The average molecular weight is 311 g/mol. The standard InChI is InChI=1S/C14H11F2NO3S/c1-21(19,20)17-11-5-2-9(3-6-11)14(18)12-7-4-10(15)8-13(12)16/h2-8,17H,1H3. The zero-order valence-corrected chi connectivity index (χ0v) is 11.7. The fourth-order valence-corrected chi connectivity index (χ4v) is 2.30. The summed E-state index contributed by atoms with van der Waals surface area (Å²) in [7, 11) is -3.41. The number of benzene rings is 2. The van der Waals surface area contributed by atoms with Gasteiger partial charge in [0.25, 0.3) is 0 Å². The van der Waals surface area contributed by atoms with E-state index in [0.29, 0.717) is 6.07 Å². The van der Waals surface area contributed by atoms with Crippen molar-refractivity contribution >= 4 is 21.5 Å². The SMILES string of the molecule is CS(=O)(=O)Nc1ccc(C(=O)c2ccc(F)cc2F)cc1. The molecule has 0 aliphatic rings. The van der Waals surface area contributed by atoms with Gasteiger partial charge in [0.05, 0.1) is 11.8 Å². The third-order valence-corrected chi connectivity index (χ3v) is 3.23. The minimum atomic E-state index is -3.41. The van der Waals surface area contributed by atoms with E-state index in [0.717, 1.165) is 18.4 Å². The molecule has 0 fully saturated rings. The lowest BCUT2D eigenvalue weighted by molar-refractivity contribution is 0.103. The van der Waals surface area contributed by atoms with E-state index in [1.54, 1.807) is 0 Å². The molecule has 0 bridgehead atoms. The predicted molar refractivity (Wildman–Crippen MR) is 74.7 cm³/mol. The Bertz CT molecular complexity index is 786. The molecule has 2 aromatic carbocycles. The van der Waals surface area contributed by atoms with Crippen molar-refractivity contribution in [1.29, 1.82) is 0 Å². The summed E-state index contributed by atoms with van der Waals surface area (Å²) in [6.07, 6.45) is 1.000. The van der Waals surface area contributed by atoms with Crippen LogP contribution in [0.5, 0.6) is 0 Å². The molecule has 7 heteroatoms. The molecule has 1 N–H and O–H groups in total. The molecule has 4 nitrogen and oxygen atoms in total. The maximum atomic E-state index is 13.5. The summed E-state index contributed by atoms with van der Waals surface area (Å²) in [4.78, 5) is 12.1. The molecular formula is C14H11F2NO3S. The molecule has 0 radical (unpaired) electrons. The maximum absolute atomic E-state index is 13.5. The van der Waals surface area contributed by atoms with Crippen LogP contribution < -0.4 is 4.72 Å². The highest BCUT2D eigenvalue weighted by molar-refractivity contribution is 7.92. The first-order valence-corrected chi connectivity index (χ1v) is 7.73. The number of carbonyl (C=O) groups excluding carboxylic acids is 1. The lowest BCUT2D eigenvalue weighted by Crippen LogP contribution is -2.10. The van der Waals surface area contributed by atoms with Gasteiger partial charge >= 0.3 is 0 Å². The number of ketones is 1. The summed E-state index contributed by atoms with van der Waals surface area (Å²) in [6, 6.07) is 8.18. The first-order valence-electron chi connectivity index (χ1n) is 5.84. The number of anilines is 1. The van der Waals surface area contributed by atoms with E-state index in [-0.39, 0.29) is 16.8 Å². The molecule has 21 heavy (non-hydrogen) atoms. The van der Waals surface area contributed by atoms with Crippen LogP contribution >= 0.6 is 0 Å². The van der Waals surface area contributed by atoms with E-state index >= 15 is 0 Å². The van der Waals surface area contributed by atoms with Crippen LogP contribution in [0.25, 0.3) is 0 Å². The van der Waals surface area contributed by atoms with Gasteiger partial charge in [-0.15, -0.1) is 0 Å². The van der Waals surface area contributed by atoms with Crippen molar-refractivity contribution in [2.45, 2.75) is 0 Å². The Balaban J connectivity index is 2.28. The second-order valence-corrected chi connectivity index (χ2v) is 6.15. The minimum absolute atomic E-state index is 0.166. The van der Waals surface area contributed by atoms with Crippen LogP contribution in [-0.4, -0.2) is 20.5 Å². The first-order chi connectivity index (χ1) is 9.76. The van der Waals surface area contributed by atoms with Gasteiger partial charge in [-0.05, 0) is 36.4 Å². The van der Waals surface area contributed by atoms with Crippen molar-refractivity contribution in [3.63, 3.8) is 0 Å². The van der Waals surface area contributed by atoms with E-state index in [9.17, 15) is 22.0 Å². The third-order valence-electron chi connectivity index (χ3n) is 2.63. The van der Waals surface area contributed by atoms with Gasteiger partial charge in [-0.3, -0.25) is 9.52 Å². The smallest absolute Gasteiger partial charge is 0.229 e. The molecule has 0 aromatic heterocycles. The lowest BCUT2D eigenvalue weighted by atomic mass is 10.0. The van der Waals surface area contributed by atoms with E-state index in [1.807, 2.05) is 0 Å². The normalized spacial score (nSPS) is 11.2. The first kappa shape index (κ1) is 15.1. The van der Waals surface area contributed by atoms with Crippen molar-refractivity contribution in [2.75, 3.05) is 11.0 Å². The molecule has 0 unspecified atom stereocenters. The topological polar surface area (TPSA) is 63.2 Å². The fourth-order valence-electron chi connectivity index (χ4n) is 1.73. The summed E-state index contributed by atoms with van der Waals surface area (Å²) in [6.45, 7) is 0. The average Bonchev–Trinajstić information content (AvgIpc) is 2.37. The van der Waals surface area contributed by atoms with E-state index in [1.165, 1.54) is 24.3 Å². The predicted octanol–water partition coefficient (Wildman–Crippen LogP) is 2.57. The van der Waals surface area contributed by atoms with Gasteiger partial charge < -0.3 is 0 Å². The van der Waals surface area contributed by atoms with Gasteiger partial charge in [0.1, 0.15) is 11.6 Å². The molecule has 0 saturated heterocycles. The van der Waals surface area contributed by atoms with Gasteiger partial charge in [-0.25, -0.2) is 17.2 Å². The second-order valence-electron chi connectivity index (χ2n) is 4.40. The number of hydrogen-bond acceptors (Lipinski definition) is 3. The number of nitrogens with one attached hydrogen (secondary N) is 1. The number of carbonyl (C=O) groups is 1. The van der Waals surface area contributed by atoms with Crippen LogP contribution in [0.15, 0.2) is 42.5 Å². The summed E-state index contributed by atoms with van der Waals surface area (Å²) >= 11 is 0.